The Morgan fingerprint density at radius 3 is 2.75 bits per heavy atom. The van der Waals surface area contributed by atoms with E-state index in [9.17, 15) is 9.90 Å². The van der Waals surface area contributed by atoms with Gasteiger partial charge in [-0.05, 0) is 23.6 Å². The van der Waals surface area contributed by atoms with E-state index < -0.39 is 6.10 Å². The first kappa shape index (κ1) is 16.3. The van der Waals surface area contributed by atoms with Gasteiger partial charge < -0.3 is 20.4 Å². The molecule has 4 N–H and O–H groups in total. The Morgan fingerprint density at radius 2 is 2.04 bits per heavy atom. The molecule has 3 rings (SSSR count). The first-order valence-electron chi connectivity index (χ1n) is 7.88. The summed E-state index contributed by atoms with van der Waals surface area (Å²) < 4.78 is 1.51. The van der Waals surface area contributed by atoms with Crippen LogP contribution in [0.5, 0.6) is 0 Å². The van der Waals surface area contributed by atoms with Crippen molar-refractivity contribution in [3.63, 3.8) is 0 Å². The van der Waals surface area contributed by atoms with Gasteiger partial charge in [-0.25, -0.2) is 4.98 Å². The average molecular weight is 326 g/mol. The number of hydrogen-bond donors (Lipinski definition) is 3. The lowest BCUT2D eigenvalue weighted by Gasteiger charge is -2.26. The number of imidazole rings is 1. The summed E-state index contributed by atoms with van der Waals surface area (Å²) in [6, 6.07) is 8.97. The zero-order valence-corrected chi connectivity index (χ0v) is 14.1. The fraction of sp³-hybridized carbons (Fsp3) is 0.333. The largest absolute Gasteiger partial charge is 0.394 e. The van der Waals surface area contributed by atoms with Crippen LogP contribution in [0.4, 0.5) is 5.69 Å². The number of pyridine rings is 1. The maximum absolute atomic E-state index is 12.1. The molecule has 0 fully saturated rings. The molecule has 1 atom stereocenters. The minimum Gasteiger partial charge on any atom is -0.394 e. The summed E-state index contributed by atoms with van der Waals surface area (Å²) in [4.78, 5) is 19.8. The van der Waals surface area contributed by atoms with Crippen molar-refractivity contribution < 1.29 is 5.11 Å². The third-order valence-electron chi connectivity index (χ3n) is 4.08. The van der Waals surface area contributed by atoms with Crippen LogP contribution in [-0.4, -0.2) is 19.6 Å². The third kappa shape index (κ3) is 2.92. The normalized spacial score (nSPS) is 13.3. The number of nitrogen functional groups attached to an aromatic ring is 1. The number of aromatic amines is 1. The van der Waals surface area contributed by atoms with Crippen LogP contribution in [0.2, 0.25) is 0 Å². The lowest BCUT2D eigenvalue weighted by Crippen LogP contribution is -2.22. The first-order chi connectivity index (χ1) is 11.3. The van der Waals surface area contributed by atoms with Crippen LogP contribution < -0.4 is 11.3 Å². The molecular formula is C18H22N4O2. The summed E-state index contributed by atoms with van der Waals surface area (Å²) in [5, 5.41) is 10.6. The molecule has 0 aliphatic rings. The minimum absolute atomic E-state index is 0.206. The van der Waals surface area contributed by atoms with Crippen molar-refractivity contribution in [1.82, 2.24) is 14.5 Å². The number of aromatic nitrogens is 3. The Morgan fingerprint density at radius 1 is 1.29 bits per heavy atom. The van der Waals surface area contributed by atoms with Gasteiger partial charge in [0, 0.05) is 11.8 Å². The Labute approximate surface area is 140 Å². The van der Waals surface area contributed by atoms with Crippen molar-refractivity contribution in [2.45, 2.75) is 33.4 Å². The first-order valence-corrected chi connectivity index (χ1v) is 7.88. The Bertz CT molecular complexity index is 934. The minimum atomic E-state index is -0.621. The van der Waals surface area contributed by atoms with Crippen molar-refractivity contribution in [2.75, 3.05) is 5.73 Å². The van der Waals surface area contributed by atoms with Crippen molar-refractivity contribution in [2.24, 2.45) is 5.41 Å². The summed E-state index contributed by atoms with van der Waals surface area (Å²) in [5.41, 5.74) is 7.71. The number of nitrogens with one attached hydrogen (secondary N) is 1. The second-order valence-corrected chi connectivity index (χ2v) is 7.09. The van der Waals surface area contributed by atoms with E-state index >= 15 is 0 Å². The van der Waals surface area contributed by atoms with Gasteiger partial charge in [-0.15, -0.1) is 0 Å². The van der Waals surface area contributed by atoms with Crippen LogP contribution in [0.1, 0.15) is 38.3 Å². The lowest BCUT2D eigenvalue weighted by atomic mass is 9.84. The second-order valence-electron chi connectivity index (χ2n) is 7.09. The fourth-order valence-corrected chi connectivity index (χ4v) is 2.72. The zero-order valence-electron chi connectivity index (χ0n) is 14.1. The monoisotopic (exact) mass is 326 g/mol. The maximum atomic E-state index is 12.1. The molecule has 6 nitrogen and oxygen atoms in total. The maximum Gasteiger partial charge on any atom is 0.274 e. The number of para-hydroxylation sites is 1. The number of rotatable bonds is 3. The third-order valence-corrected chi connectivity index (χ3v) is 4.08. The zero-order chi connectivity index (χ0) is 17.5. The van der Waals surface area contributed by atoms with Gasteiger partial charge in [0.1, 0.15) is 5.82 Å². The molecule has 0 spiro atoms. The van der Waals surface area contributed by atoms with Crippen molar-refractivity contribution in [1.29, 1.82) is 0 Å². The Kier molecular flexibility index (Phi) is 3.93. The summed E-state index contributed by atoms with van der Waals surface area (Å²) in [7, 11) is 0. The van der Waals surface area contributed by atoms with Crippen LogP contribution >= 0.6 is 0 Å². The summed E-state index contributed by atoms with van der Waals surface area (Å²) >= 11 is 0. The highest BCUT2D eigenvalue weighted by atomic mass is 16.3. The molecule has 0 radical (unpaired) electrons. The molecule has 0 aliphatic carbocycles. The molecule has 0 saturated carbocycles. The van der Waals surface area contributed by atoms with Crippen molar-refractivity contribution in [3.05, 3.63) is 58.3 Å². The van der Waals surface area contributed by atoms with E-state index in [1.807, 2.05) is 39.0 Å². The van der Waals surface area contributed by atoms with Gasteiger partial charge in [0.05, 0.1) is 29.4 Å². The standard InChI is InChI=1S/C18H22N4O2/c1-18(2,3)16(23)11-6-4-8-13-15(11)21-14(20-13)10-22-9-5-7-12(19)17(22)24/h4-9,16,23H,10,19H2,1-3H3,(H,20,21). The molecule has 2 heterocycles. The predicted molar refractivity (Wildman–Crippen MR) is 94.7 cm³/mol. The van der Waals surface area contributed by atoms with Crippen LogP contribution in [0, 0.1) is 5.41 Å². The Balaban J connectivity index is 2.03. The molecule has 0 aliphatic heterocycles. The summed E-state index contributed by atoms with van der Waals surface area (Å²) in [6.45, 7) is 6.25. The number of aliphatic hydroxyl groups excluding tert-OH is 1. The van der Waals surface area contributed by atoms with E-state index in [-0.39, 0.29) is 16.7 Å². The molecule has 6 heteroatoms. The van der Waals surface area contributed by atoms with Gasteiger partial charge in [0.2, 0.25) is 0 Å². The lowest BCUT2D eigenvalue weighted by molar-refractivity contribution is 0.0638. The molecule has 24 heavy (non-hydrogen) atoms. The van der Waals surface area contributed by atoms with Crippen molar-refractivity contribution >= 4 is 16.7 Å². The average Bonchev–Trinajstić information content (AvgIpc) is 2.92. The van der Waals surface area contributed by atoms with Gasteiger partial charge in [0.25, 0.3) is 5.56 Å². The van der Waals surface area contributed by atoms with E-state index in [0.717, 1.165) is 16.6 Å². The van der Waals surface area contributed by atoms with Crippen LogP contribution in [-0.2, 0) is 6.54 Å². The number of anilines is 1. The van der Waals surface area contributed by atoms with E-state index in [4.69, 9.17) is 5.73 Å². The number of hydrogen-bond acceptors (Lipinski definition) is 4. The number of nitrogens with two attached hydrogens (primary N) is 1. The number of benzene rings is 1. The van der Waals surface area contributed by atoms with E-state index in [1.165, 1.54) is 4.57 Å². The summed E-state index contributed by atoms with van der Waals surface area (Å²) in [5.74, 6) is 0.645. The molecule has 1 aromatic carbocycles. The van der Waals surface area contributed by atoms with Gasteiger partial charge in [-0.1, -0.05) is 32.9 Å². The fourth-order valence-electron chi connectivity index (χ4n) is 2.72. The number of fused-ring (bicyclic) bond motifs is 1. The highest BCUT2D eigenvalue weighted by Gasteiger charge is 2.26. The van der Waals surface area contributed by atoms with Crippen LogP contribution in [0.25, 0.3) is 11.0 Å². The van der Waals surface area contributed by atoms with E-state index in [1.54, 1.807) is 18.3 Å². The topological polar surface area (TPSA) is 96.9 Å². The molecule has 0 saturated heterocycles. The molecular weight excluding hydrogens is 304 g/mol. The van der Waals surface area contributed by atoms with Gasteiger partial charge in [-0.3, -0.25) is 4.79 Å². The molecule has 126 valence electrons. The van der Waals surface area contributed by atoms with E-state index in [2.05, 4.69) is 9.97 Å². The summed E-state index contributed by atoms with van der Waals surface area (Å²) in [6.07, 6.45) is 1.06. The van der Waals surface area contributed by atoms with Crippen LogP contribution in [0.3, 0.4) is 0 Å². The second kappa shape index (κ2) is 5.79. The molecule has 2 aromatic heterocycles. The van der Waals surface area contributed by atoms with Gasteiger partial charge in [-0.2, -0.15) is 0 Å². The quantitative estimate of drug-likeness (QED) is 0.688. The van der Waals surface area contributed by atoms with Crippen molar-refractivity contribution in [3.8, 4) is 0 Å². The number of H-pyrrole nitrogens is 1. The number of nitrogens with zero attached hydrogens (tertiary/aromatic N) is 2. The molecule has 0 amide bonds. The molecule has 3 aromatic rings. The Hall–Kier alpha value is -2.60. The molecule has 1 unspecified atom stereocenters. The predicted octanol–water partition coefficient (Wildman–Crippen LogP) is 2.43. The highest BCUT2D eigenvalue weighted by molar-refractivity contribution is 5.79. The number of aliphatic hydroxyl groups is 1. The smallest absolute Gasteiger partial charge is 0.274 e. The van der Waals surface area contributed by atoms with Gasteiger partial charge in [0.15, 0.2) is 0 Å². The van der Waals surface area contributed by atoms with Gasteiger partial charge >= 0.3 is 0 Å². The van der Waals surface area contributed by atoms with E-state index in [0.29, 0.717) is 12.4 Å². The molecule has 0 bridgehead atoms. The highest BCUT2D eigenvalue weighted by Crippen LogP contribution is 2.35. The van der Waals surface area contributed by atoms with Crippen LogP contribution in [0.15, 0.2) is 41.3 Å². The SMILES string of the molecule is CC(C)(C)C(O)c1cccc2nc(Cn3cccc(N)c3=O)[nH]c12.